The van der Waals surface area contributed by atoms with Crippen LogP contribution in [-0.2, 0) is 4.79 Å². The summed E-state index contributed by atoms with van der Waals surface area (Å²) in [7, 11) is 0. The lowest BCUT2D eigenvalue weighted by atomic mass is 9.88. The molecule has 3 atom stereocenters. The van der Waals surface area contributed by atoms with Crippen LogP contribution in [-0.4, -0.2) is 40.1 Å². The standard InChI is InChI=1S/C16H28N4O2/c1-6-13-9-20(16(21)10(2)3)8-7-14(13)17-11(4)15-18-12(5)19-22-15/h10-11,13-14,17H,6-9H2,1-5H3. The first-order valence-corrected chi connectivity index (χ1v) is 8.27. The van der Waals surface area contributed by atoms with Crippen molar-refractivity contribution in [3.8, 4) is 0 Å². The Morgan fingerprint density at radius 3 is 2.73 bits per heavy atom. The maximum Gasteiger partial charge on any atom is 0.243 e. The van der Waals surface area contributed by atoms with Gasteiger partial charge in [-0.05, 0) is 26.2 Å². The van der Waals surface area contributed by atoms with Crippen LogP contribution in [0.15, 0.2) is 4.52 Å². The fraction of sp³-hybridized carbons (Fsp3) is 0.812. The summed E-state index contributed by atoms with van der Waals surface area (Å²) in [6.07, 6.45) is 2.02. The van der Waals surface area contributed by atoms with Gasteiger partial charge in [0.2, 0.25) is 11.8 Å². The second kappa shape index (κ2) is 7.22. The quantitative estimate of drug-likeness (QED) is 0.904. The van der Waals surface area contributed by atoms with Gasteiger partial charge in [0.25, 0.3) is 0 Å². The topological polar surface area (TPSA) is 71.3 Å². The number of nitrogens with zero attached hydrogens (tertiary/aromatic N) is 3. The van der Waals surface area contributed by atoms with E-state index in [2.05, 4.69) is 22.4 Å². The monoisotopic (exact) mass is 308 g/mol. The van der Waals surface area contributed by atoms with E-state index in [9.17, 15) is 4.79 Å². The molecule has 124 valence electrons. The molecule has 6 nitrogen and oxygen atoms in total. The van der Waals surface area contributed by atoms with Crippen LogP contribution < -0.4 is 5.32 Å². The number of nitrogens with one attached hydrogen (secondary N) is 1. The van der Waals surface area contributed by atoms with Gasteiger partial charge in [0.1, 0.15) is 0 Å². The van der Waals surface area contributed by atoms with E-state index in [1.807, 2.05) is 32.6 Å². The molecule has 2 rings (SSSR count). The van der Waals surface area contributed by atoms with E-state index in [-0.39, 0.29) is 17.9 Å². The summed E-state index contributed by atoms with van der Waals surface area (Å²) in [6.45, 7) is 11.6. The van der Waals surface area contributed by atoms with Gasteiger partial charge < -0.3 is 14.7 Å². The zero-order valence-electron chi connectivity index (χ0n) is 14.3. The number of rotatable bonds is 5. The molecule has 1 aromatic rings. The van der Waals surface area contributed by atoms with E-state index in [4.69, 9.17) is 4.52 Å². The van der Waals surface area contributed by atoms with E-state index in [1.165, 1.54) is 0 Å². The van der Waals surface area contributed by atoms with E-state index < -0.39 is 0 Å². The fourth-order valence-electron chi connectivity index (χ4n) is 3.11. The summed E-state index contributed by atoms with van der Waals surface area (Å²) in [6, 6.07) is 0.413. The summed E-state index contributed by atoms with van der Waals surface area (Å²) in [5.41, 5.74) is 0. The molecule has 3 unspecified atom stereocenters. The van der Waals surface area contributed by atoms with Gasteiger partial charge in [0, 0.05) is 25.0 Å². The molecule has 1 saturated heterocycles. The summed E-state index contributed by atoms with van der Waals surface area (Å²) in [4.78, 5) is 18.5. The lowest BCUT2D eigenvalue weighted by molar-refractivity contribution is -0.136. The predicted octanol–water partition coefficient (Wildman–Crippen LogP) is 2.31. The predicted molar refractivity (Wildman–Crippen MR) is 84.2 cm³/mol. The summed E-state index contributed by atoms with van der Waals surface area (Å²) >= 11 is 0. The maximum atomic E-state index is 12.2. The summed E-state index contributed by atoms with van der Waals surface area (Å²) in [5, 5.41) is 7.45. The van der Waals surface area contributed by atoms with Crippen LogP contribution in [0.1, 0.15) is 58.3 Å². The van der Waals surface area contributed by atoms with Crippen molar-refractivity contribution in [1.82, 2.24) is 20.4 Å². The van der Waals surface area contributed by atoms with Crippen molar-refractivity contribution < 1.29 is 9.32 Å². The van der Waals surface area contributed by atoms with Crippen molar-refractivity contribution in [2.75, 3.05) is 13.1 Å². The van der Waals surface area contributed by atoms with Gasteiger partial charge in [0.15, 0.2) is 5.82 Å². The highest BCUT2D eigenvalue weighted by Crippen LogP contribution is 2.24. The van der Waals surface area contributed by atoms with Crippen LogP contribution in [0.2, 0.25) is 0 Å². The molecule has 0 bridgehead atoms. The molecule has 0 radical (unpaired) electrons. The first kappa shape index (κ1) is 16.9. The van der Waals surface area contributed by atoms with E-state index in [1.54, 1.807) is 0 Å². The van der Waals surface area contributed by atoms with E-state index in [0.29, 0.717) is 23.7 Å². The molecule has 1 fully saturated rings. The Hall–Kier alpha value is -1.43. The molecule has 2 heterocycles. The van der Waals surface area contributed by atoms with Crippen LogP contribution in [0.25, 0.3) is 0 Å². The van der Waals surface area contributed by atoms with Crippen molar-refractivity contribution in [2.24, 2.45) is 11.8 Å². The normalized spacial score (nSPS) is 23.8. The first-order chi connectivity index (χ1) is 10.4. The minimum Gasteiger partial charge on any atom is -0.342 e. The number of aryl methyl sites for hydroxylation is 1. The molecule has 22 heavy (non-hydrogen) atoms. The minimum atomic E-state index is 0.0348. The van der Waals surface area contributed by atoms with Gasteiger partial charge in [-0.1, -0.05) is 32.3 Å². The Kier molecular flexibility index (Phi) is 5.56. The van der Waals surface area contributed by atoms with E-state index >= 15 is 0 Å². The molecular formula is C16H28N4O2. The lowest BCUT2D eigenvalue weighted by Gasteiger charge is -2.40. The molecule has 0 spiro atoms. The molecule has 1 aromatic heterocycles. The third-order valence-corrected chi connectivity index (χ3v) is 4.44. The van der Waals surface area contributed by atoms with Crippen molar-refractivity contribution in [1.29, 1.82) is 0 Å². The number of aromatic nitrogens is 2. The SMILES string of the molecule is CCC1CN(C(=O)C(C)C)CCC1NC(C)c1nc(C)no1. The second-order valence-corrected chi connectivity index (χ2v) is 6.57. The number of amides is 1. The minimum absolute atomic E-state index is 0.0348. The Balaban J connectivity index is 1.96. The fourth-order valence-corrected chi connectivity index (χ4v) is 3.11. The number of carbonyl (C=O) groups is 1. The molecule has 0 aliphatic carbocycles. The number of hydrogen-bond acceptors (Lipinski definition) is 5. The van der Waals surface area contributed by atoms with E-state index in [0.717, 1.165) is 25.9 Å². The summed E-state index contributed by atoms with van der Waals surface area (Å²) in [5.74, 6) is 2.09. The van der Waals surface area contributed by atoms with Gasteiger partial charge in [-0.25, -0.2) is 0 Å². The van der Waals surface area contributed by atoms with Gasteiger partial charge >= 0.3 is 0 Å². The highest BCUT2D eigenvalue weighted by molar-refractivity contribution is 5.78. The van der Waals surface area contributed by atoms with Gasteiger partial charge in [0.05, 0.1) is 6.04 Å². The average Bonchev–Trinajstić information content (AvgIpc) is 2.93. The Morgan fingerprint density at radius 2 is 2.18 bits per heavy atom. The van der Waals surface area contributed by atoms with Crippen molar-refractivity contribution >= 4 is 5.91 Å². The second-order valence-electron chi connectivity index (χ2n) is 6.57. The number of hydrogen-bond donors (Lipinski definition) is 1. The molecular weight excluding hydrogens is 280 g/mol. The smallest absolute Gasteiger partial charge is 0.243 e. The molecule has 0 aromatic carbocycles. The first-order valence-electron chi connectivity index (χ1n) is 8.27. The third kappa shape index (κ3) is 3.85. The molecule has 1 aliphatic heterocycles. The number of piperidine rings is 1. The molecule has 1 aliphatic rings. The molecule has 1 N–H and O–H groups in total. The highest BCUT2D eigenvalue weighted by atomic mass is 16.5. The van der Waals surface area contributed by atoms with Crippen LogP contribution in [0.3, 0.4) is 0 Å². The molecule has 0 saturated carbocycles. The van der Waals surface area contributed by atoms with Crippen molar-refractivity contribution in [2.45, 2.75) is 59.5 Å². The largest absolute Gasteiger partial charge is 0.342 e. The molecule has 6 heteroatoms. The average molecular weight is 308 g/mol. The zero-order chi connectivity index (χ0) is 16.3. The van der Waals surface area contributed by atoms with Crippen LogP contribution in [0.5, 0.6) is 0 Å². The third-order valence-electron chi connectivity index (χ3n) is 4.44. The number of likely N-dealkylation sites (tertiary alicyclic amines) is 1. The maximum absolute atomic E-state index is 12.2. The van der Waals surface area contributed by atoms with Crippen molar-refractivity contribution in [3.63, 3.8) is 0 Å². The Morgan fingerprint density at radius 1 is 1.45 bits per heavy atom. The van der Waals surface area contributed by atoms with Crippen LogP contribution in [0.4, 0.5) is 0 Å². The lowest BCUT2D eigenvalue weighted by Crippen LogP contribution is -2.52. The Bertz CT molecular complexity index is 500. The van der Waals surface area contributed by atoms with Gasteiger partial charge in [-0.2, -0.15) is 4.98 Å². The van der Waals surface area contributed by atoms with Crippen molar-refractivity contribution in [3.05, 3.63) is 11.7 Å². The van der Waals surface area contributed by atoms with Gasteiger partial charge in [-0.3, -0.25) is 4.79 Å². The number of carbonyl (C=O) groups excluding carboxylic acids is 1. The summed E-state index contributed by atoms with van der Waals surface area (Å²) < 4.78 is 5.24. The Labute approximate surface area is 132 Å². The van der Waals surface area contributed by atoms with Crippen LogP contribution >= 0.6 is 0 Å². The van der Waals surface area contributed by atoms with Crippen LogP contribution in [0, 0.1) is 18.8 Å². The zero-order valence-corrected chi connectivity index (χ0v) is 14.3. The molecule has 1 amide bonds. The highest BCUT2D eigenvalue weighted by Gasteiger charge is 2.32. The van der Waals surface area contributed by atoms with Gasteiger partial charge in [-0.15, -0.1) is 0 Å².